The van der Waals surface area contributed by atoms with Gasteiger partial charge in [-0.15, -0.1) is 0 Å². The fourth-order valence-electron chi connectivity index (χ4n) is 3.23. The zero-order valence-corrected chi connectivity index (χ0v) is 17.7. The van der Waals surface area contributed by atoms with E-state index in [9.17, 15) is 20.0 Å². The lowest BCUT2D eigenvalue weighted by atomic mass is 9.89. The smallest absolute Gasteiger partial charge is 0.408 e. The van der Waals surface area contributed by atoms with Gasteiger partial charge in [-0.3, -0.25) is 15.0 Å². The van der Waals surface area contributed by atoms with E-state index in [4.69, 9.17) is 4.74 Å². The molecule has 0 radical (unpaired) electrons. The van der Waals surface area contributed by atoms with E-state index < -0.39 is 28.6 Å². The molecule has 0 saturated carbocycles. The van der Waals surface area contributed by atoms with E-state index in [-0.39, 0.29) is 0 Å². The van der Waals surface area contributed by atoms with Crippen molar-refractivity contribution in [3.8, 4) is 5.75 Å². The molecule has 8 heteroatoms. The summed E-state index contributed by atoms with van der Waals surface area (Å²) < 4.78 is 6.00. The minimum atomic E-state index is -1.29. The van der Waals surface area contributed by atoms with Crippen LogP contribution in [0.5, 0.6) is 5.75 Å². The minimum Gasteiger partial charge on any atom is -0.496 e. The number of hydrogen-bond donors (Lipinski definition) is 1. The Labute approximate surface area is 172 Å². The molecule has 0 unspecified atom stereocenters. The van der Waals surface area contributed by atoms with Gasteiger partial charge in [-0.05, 0) is 54.4 Å². The third-order valence-corrected chi connectivity index (χ3v) is 5.05. The Kier molecular flexibility index (Phi) is 6.66. The molecule has 0 fully saturated rings. The first kappa shape index (κ1) is 21.7. The summed E-state index contributed by atoms with van der Waals surface area (Å²) in [5.74, 6) is 0.469. The molecule has 28 heavy (non-hydrogen) atoms. The standard InChI is InChI=1S/C20H23BrN2O5/c1-20(2,3)22(19(24)25)17(14-10-11-15(21)16(12-14)28-4)18(23(26)27)13-8-6-5-7-9-13/h5-12,17-18H,1-4H3,(H,24,25)/t17-,18+/m1/s1. The molecular weight excluding hydrogens is 428 g/mol. The average molecular weight is 451 g/mol. The van der Waals surface area contributed by atoms with E-state index in [0.29, 0.717) is 21.3 Å². The van der Waals surface area contributed by atoms with Crippen molar-refractivity contribution in [2.24, 2.45) is 0 Å². The van der Waals surface area contributed by atoms with Crippen molar-refractivity contribution < 1.29 is 19.6 Å². The van der Waals surface area contributed by atoms with Crippen LogP contribution in [0.2, 0.25) is 0 Å². The quantitative estimate of drug-likeness (QED) is 0.476. The number of halogens is 1. The molecule has 150 valence electrons. The molecule has 2 aromatic rings. The number of carbonyl (C=O) groups is 1. The summed E-state index contributed by atoms with van der Waals surface area (Å²) in [7, 11) is 1.49. The van der Waals surface area contributed by atoms with Gasteiger partial charge >= 0.3 is 6.09 Å². The Morgan fingerprint density at radius 2 is 1.79 bits per heavy atom. The summed E-state index contributed by atoms with van der Waals surface area (Å²) in [6.45, 7) is 5.14. The Bertz CT molecular complexity index is 851. The highest BCUT2D eigenvalue weighted by Gasteiger charge is 2.45. The van der Waals surface area contributed by atoms with Gasteiger partial charge in [0.25, 0.3) is 6.04 Å². The topological polar surface area (TPSA) is 92.9 Å². The Morgan fingerprint density at radius 1 is 1.18 bits per heavy atom. The lowest BCUT2D eigenvalue weighted by molar-refractivity contribution is -0.538. The summed E-state index contributed by atoms with van der Waals surface area (Å²) >= 11 is 3.37. The molecule has 0 aromatic heterocycles. The third-order valence-electron chi connectivity index (χ3n) is 4.39. The monoisotopic (exact) mass is 450 g/mol. The number of ether oxygens (including phenoxy) is 1. The molecule has 7 nitrogen and oxygen atoms in total. The van der Waals surface area contributed by atoms with E-state index in [2.05, 4.69) is 15.9 Å². The molecule has 2 aromatic carbocycles. The number of methoxy groups -OCH3 is 1. The molecule has 0 heterocycles. The first-order chi connectivity index (χ1) is 13.1. The zero-order chi connectivity index (χ0) is 21.1. The molecule has 1 amide bonds. The van der Waals surface area contributed by atoms with Gasteiger partial charge in [0.2, 0.25) is 0 Å². The number of nitrogens with zero attached hydrogens (tertiary/aromatic N) is 2. The van der Waals surface area contributed by atoms with E-state index in [0.717, 1.165) is 4.90 Å². The number of nitro groups is 1. The lowest BCUT2D eigenvalue weighted by Crippen LogP contribution is -2.49. The fraction of sp³-hybridized carbons (Fsp3) is 0.350. The summed E-state index contributed by atoms with van der Waals surface area (Å²) in [6, 6.07) is 11.1. The molecule has 0 aliphatic carbocycles. The molecule has 2 atom stereocenters. The predicted molar refractivity (Wildman–Crippen MR) is 109 cm³/mol. The maximum Gasteiger partial charge on any atom is 0.408 e. The minimum absolute atomic E-state index is 0.426. The van der Waals surface area contributed by atoms with Crippen LogP contribution in [-0.2, 0) is 0 Å². The van der Waals surface area contributed by atoms with Gasteiger partial charge < -0.3 is 9.84 Å². The Hall–Kier alpha value is -2.61. The lowest BCUT2D eigenvalue weighted by Gasteiger charge is -2.40. The highest BCUT2D eigenvalue weighted by Crippen LogP contribution is 2.42. The molecule has 2 rings (SSSR count). The number of hydrogen-bond acceptors (Lipinski definition) is 4. The zero-order valence-electron chi connectivity index (χ0n) is 16.1. The van der Waals surface area contributed by atoms with Crippen molar-refractivity contribution in [1.29, 1.82) is 0 Å². The highest BCUT2D eigenvalue weighted by atomic mass is 79.9. The van der Waals surface area contributed by atoms with Crippen LogP contribution in [0, 0.1) is 10.1 Å². The largest absolute Gasteiger partial charge is 0.496 e. The third kappa shape index (κ3) is 4.62. The van der Waals surface area contributed by atoms with Crippen LogP contribution in [0.25, 0.3) is 0 Å². The Balaban J connectivity index is 2.77. The first-order valence-corrected chi connectivity index (χ1v) is 9.41. The van der Waals surface area contributed by atoms with Crippen LogP contribution in [0.3, 0.4) is 0 Å². The van der Waals surface area contributed by atoms with Crippen molar-refractivity contribution >= 4 is 22.0 Å². The van der Waals surface area contributed by atoms with Crippen molar-refractivity contribution in [3.63, 3.8) is 0 Å². The van der Waals surface area contributed by atoms with Crippen LogP contribution in [0.4, 0.5) is 4.79 Å². The molecule has 1 N–H and O–H groups in total. The van der Waals surface area contributed by atoms with Gasteiger partial charge in [0, 0.05) is 16.0 Å². The number of amides is 1. The van der Waals surface area contributed by atoms with E-state index in [1.165, 1.54) is 7.11 Å². The van der Waals surface area contributed by atoms with Gasteiger partial charge in [-0.25, -0.2) is 4.79 Å². The Morgan fingerprint density at radius 3 is 2.25 bits per heavy atom. The summed E-state index contributed by atoms with van der Waals surface area (Å²) in [6.07, 6.45) is -1.23. The number of carboxylic acid groups (broad SMARTS) is 1. The van der Waals surface area contributed by atoms with Gasteiger partial charge in [0.15, 0.2) is 0 Å². The van der Waals surface area contributed by atoms with Gasteiger partial charge in [0.05, 0.1) is 11.6 Å². The second-order valence-electron chi connectivity index (χ2n) is 7.30. The second-order valence-corrected chi connectivity index (χ2v) is 8.16. The highest BCUT2D eigenvalue weighted by molar-refractivity contribution is 9.10. The molecule has 0 bridgehead atoms. The predicted octanol–water partition coefficient (Wildman–Crippen LogP) is 5.30. The normalized spacial score (nSPS) is 13.5. The van der Waals surface area contributed by atoms with E-state index in [1.807, 2.05) is 0 Å². The van der Waals surface area contributed by atoms with Gasteiger partial charge in [0.1, 0.15) is 11.8 Å². The van der Waals surface area contributed by atoms with E-state index >= 15 is 0 Å². The number of benzene rings is 2. The number of rotatable bonds is 6. The summed E-state index contributed by atoms with van der Waals surface area (Å²) in [4.78, 5) is 25.0. The van der Waals surface area contributed by atoms with E-state index in [1.54, 1.807) is 69.3 Å². The molecule has 0 spiro atoms. The molecule has 0 aliphatic heterocycles. The maximum absolute atomic E-state index is 12.2. The summed E-state index contributed by atoms with van der Waals surface area (Å²) in [5.41, 5.74) is 0.0256. The molecule has 0 saturated heterocycles. The maximum atomic E-state index is 12.2. The van der Waals surface area contributed by atoms with Crippen molar-refractivity contribution in [2.75, 3.05) is 7.11 Å². The van der Waals surface area contributed by atoms with Crippen LogP contribution < -0.4 is 4.74 Å². The second kappa shape index (κ2) is 8.60. The van der Waals surface area contributed by atoms with Crippen molar-refractivity contribution in [2.45, 2.75) is 38.4 Å². The van der Waals surface area contributed by atoms with Crippen molar-refractivity contribution in [3.05, 3.63) is 74.2 Å². The van der Waals surface area contributed by atoms with Crippen LogP contribution >= 0.6 is 15.9 Å². The van der Waals surface area contributed by atoms with Crippen LogP contribution in [0.1, 0.15) is 44.0 Å². The van der Waals surface area contributed by atoms with Crippen LogP contribution in [0.15, 0.2) is 53.0 Å². The van der Waals surface area contributed by atoms with Crippen molar-refractivity contribution in [1.82, 2.24) is 4.90 Å². The van der Waals surface area contributed by atoms with Gasteiger partial charge in [-0.1, -0.05) is 36.4 Å². The first-order valence-electron chi connectivity index (χ1n) is 8.62. The van der Waals surface area contributed by atoms with Crippen LogP contribution in [-0.4, -0.2) is 33.7 Å². The summed E-state index contributed by atoms with van der Waals surface area (Å²) in [5, 5.41) is 22.1. The molecule has 0 aliphatic rings. The fourth-order valence-corrected chi connectivity index (χ4v) is 3.63. The molecular formula is C20H23BrN2O5. The van der Waals surface area contributed by atoms with Gasteiger partial charge in [-0.2, -0.15) is 0 Å². The SMILES string of the molecule is COc1cc([C@H]([C@H](c2ccccc2)[N+](=O)[O-])N(C(=O)O)C(C)(C)C)ccc1Br. The average Bonchev–Trinajstić information content (AvgIpc) is 2.60.